The number of rotatable bonds is 6. The van der Waals surface area contributed by atoms with E-state index in [-0.39, 0.29) is 24.3 Å². The first-order valence-electron chi connectivity index (χ1n) is 10.8. The summed E-state index contributed by atoms with van der Waals surface area (Å²) >= 11 is 1.28. The third-order valence-corrected chi connectivity index (χ3v) is 6.95. The van der Waals surface area contributed by atoms with Crippen LogP contribution in [0, 0.1) is 0 Å². The lowest BCUT2D eigenvalue weighted by Gasteiger charge is -2.36. The second-order valence-electron chi connectivity index (χ2n) is 7.90. The average Bonchev–Trinajstić information content (AvgIpc) is 2.84. The number of ether oxygens (including phenoxy) is 1. The Labute approximate surface area is 192 Å². The van der Waals surface area contributed by atoms with Crippen molar-refractivity contribution >= 4 is 35.2 Å². The molecular formula is C24H27N3O4S. The number of benzene rings is 2. The monoisotopic (exact) mass is 453 g/mol. The fraction of sp³-hybridized carbons (Fsp3) is 0.375. The van der Waals surface area contributed by atoms with Gasteiger partial charge in [0.15, 0.2) is 5.25 Å². The molecule has 0 bridgehead atoms. The molecule has 8 heteroatoms. The fourth-order valence-electron chi connectivity index (χ4n) is 4.00. The van der Waals surface area contributed by atoms with Gasteiger partial charge in [0.2, 0.25) is 11.8 Å². The van der Waals surface area contributed by atoms with Crippen LogP contribution in [-0.4, -0.2) is 54.6 Å². The number of amides is 3. The van der Waals surface area contributed by atoms with Crippen molar-refractivity contribution in [1.29, 1.82) is 0 Å². The maximum absolute atomic E-state index is 13.3. The summed E-state index contributed by atoms with van der Waals surface area (Å²) in [5.41, 5.74) is 1.57. The standard InChI is InChI=1S/C24H27N3O4S/c1-31-18-9-7-8-17(14-18)15-25-21(28)16-27-19-10-3-4-11-20(19)32-22(24(27)30)23(29)26-12-5-2-6-13-26/h3-4,7-11,14,22H,2,5-6,12-13,15-16H2,1H3,(H,25,28)/t22-/m1/s1. The lowest BCUT2D eigenvalue weighted by Crippen LogP contribution is -2.52. The zero-order valence-electron chi connectivity index (χ0n) is 18.1. The van der Waals surface area contributed by atoms with Gasteiger partial charge in [-0.15, -0.1) is 11.8 Å². The number of para-hydroxylation sites is 1. The van der Waals surface area contributed by atoms with E-state index in [0.29, 0.717) is 31.1 Å². The highest BCUT2D eigenvalue weighted by atomic mass is 32.2. The minimum atomic E-state index is -0.853. The number of hydrogen-bond acceptors (Lipinski definition) is 5. The Kier molecular flexibility index (Phi) is 6.99. The minimum absolute atomic E-state index is 0.135. The normalized spacial score (nSPS) is 18.2. The summed E-state index contributed by atoms with van der Waals surface area (Å²) in [4.78, 5) is 43.2. The highest BCUT2D eigenvalue weighted by molar-refractivity contribution is 8.01. The minimum Gasteiger partial charge on any atom is -0.497 e. The molecule has 2 aliphatic heterocycles. The Morgan fingerprint density at radius 3 is 2.66 bits per heavy atom. The Hall–Kier alpha value is -3.00. The van der Waals surface area contributed by atoms with Crippen molar-refractivity contribution in [2.24, 2.45) is 0 Å². The molecule has 0 radical (unpaired) electrons. The van der Waals surface area contributed by atoms with Crippen LogP contribution in [0.1, 0.15) is 24.8 Å². The van der Waals surface area contributed by atoms with E-state index in [0.717, 1.165) is 29.7 Å². The average molecular weight is 454 g/mol. The lowest BCUT2D eigenvalue weighted by atomic mass is 10.1. The molecule has 2 heterocycles. The van der Waals surface area contributed by atoms with Crippen LogP contribution in [0.5, 0.6) is 5.75 Å². The molecule has 0 spiro atoms. The summed E-state index contributed by atoms with van der Waals surface area (Å²) < 4.78 is 5.22. The van der Waals surface area contributed by atoms with E-state index >= 15 is 0 Å². The van der Waals surface area contributed by atoms with Crippen molar-refractivity contribution in [2.75, 3.05) is 31.6 Å². The molecule has 2 aliphatic rings. The number of hydrogen-bond donors (Lipinski definition) is 1. The molecule has 4 rings (SSSR count). The van der Waals surface area contributed by atoms with Gasteiger partial charge in [0, 0.05) is 24.5 Å². The number of piperidine rings is 1. The van der Waals surface area contributed by atoms with E-state index in [1.165, 1.54) is 16.7 Å². The van der Waals surface area contributed by atoms with Gasteiger partial charge >= 0.3 is 0 Å². The van der Waals surface area contributed by atoms with Gasteiger partial charge in [-0.25, -0.2) is 0 Å². The molecule has 2 aromatic rings. The SMILES string of the molecule is COc1cccc(CNC(=O)CN2C(=O)[C@@H](C(=O)N3CCCCC3)Sc3ccccc32)c1. The molecule has 1 fully saturated rings. The molecule has 0 aliphatic carbocycles. The first-order chi connectivity index (χ1) is 15.6. The van der Waals surface area contributed by atoms with Gasteiger partial charge in [-0.05, 0) is 49.1 Å². The van der Waals surface area contributed by atoms with Crippen LogP contribution >= 0.6 is 11.8 Å². The summed E-state index contributed by atoms with van der Waals surface area (Å²) in [6.07, 6.45) is 3.03. The van der Waals surface area contributed by atoms with Crippen molar-refractivity contribution in [3.8, 4) is 5.75 Å². The number of carbonyl (C=O) groups excluding carboxylic acids is 3. The Morgan fingerprint density at radius 1 is 1.09 bits per heavy atom. The second kappa shape index (κ2) is 10.1. The Bertz CT molecular complexity index is 1010. The van der Waals surface area contributed by atoms with Crippen LogP contribution in [0.3, 0.4) is 0 Å². The van der Waals surface area contributed by atoms with Crippen LogP contribution < -0.4 is 15.0 Å². The van der Waals surface area contributed by atoms with Gasteiger partial charge in [-0.2, -0.15) is 0 Å². The highest BCUT2D eigenvalue weighted by Gasteiger charge is 2.40. The lowest BCUT2D eigenvalue weighted by molar-refractivity contribution is -0.135. The number of carbonyl (C=O) groups is 3. The first-order valence-corrected chi connectivity index (χ1v) is 11.7. The number of nitrogens with zero attached hydrogens (tertiary/aromatic N) is 2. The van der Waals surface area contributed by atoms with Gasteiger partial charge < -0.3 is 19.9 Å². The Morgan fingerprint density at radius 2 is 1.88 bits per heavy atom. The predicted molar refractivity (Wildman–Crippen MR) is 124 cm³/mol. The van der Waals surface area contributed by atoms with Crippen LogP contribution in [0.25, 0.3) is 0 Å². The van der Waals surface area contributed by atoms with Crippen molar-refractivity contribution in [1.82, 2.24) is 10.2 Å². The summed E-state index contributed by atoms with van der Waals surface area (Å²) in [6, 6.07) is 14.9. The summed E-state index contributed by atoms with van der Waals surface area (Å²) in [5, 5.41) is 2.01. The zero-order chi connectivity index (χ0) is 22.5. The molecule has 1 saturated heterocycles. The molecule has 0 aromatic heterocycles. The van der Waals surface area contributed by atoms with Crippen molar-refractivity contribution in [2.45, 2.75) is 36.0 Å². The van der Waals surface area contributed by atoms with Gasteiger partial charge in [-0.3, -0.25) is 14.4 Å². The van der Waals surface area contributed by atoms with Gasteiger partial charge in [0.25, 0.3) is 5.91 Å². The third-order valence-electron chi connectivity index (χ3n) is 5.71. The first kappa shape index (κ1) is 22.2. The molecule has 3 amide bonds. The smallest absolute Gasteiger partial charge is 0.250 e. The summed E-state index contributed by atoms with van der Waals surface area (Å²) in [6.45, 7) is 1.56. The molecule has 2 aromatic carbocycles. The molecule has 0 unspecified atom stereocenters. The van der Waals surface area contributed by atoms with Gasteiger partial charge in [-0.1, -0.05) is 24.3 Å². The summed E-state index contributed by atoms with van der Waals surface area (Å²) in [5.74, 6) is -0.0585. The van der Waals surface area contributed by atoms with E-state index in [2.05, 4.69) is 5.32 Å². The van der Waals surface area contributed by atoms with E-state index in [1.54, 1.807) is 12.0 Å². The number of methoxy groups -OCH3 is 1. The molecule has 1 atom stereocenters. The molecule has 0 saturated carbocycles. The van der Waals surface area contributed by atoms with Crippen LogP contribution in [0.15, 0.2) is 53.4 Å². The third kappa shape index (κ3) is 4.91. The van der Waals surface area contributed by atoms with Crippen LogP contribution in [-0.2, 0) is 20.9 Å². The number of nitrogens with one attached hydrogen (secondary N) is 1. The largest absolute Gasteiger partial charge is 0.497 e. The van der Waals surface area contributed by atoms with Gasteiger partial charge in [0.1, 0.15) is 12.3 Å². The van der Waals surface area contributed by atoms with E-state index < -0.39 is 5.25 Å². The molecule has 7 nitrogen and oxygen atoms in total. The fourth-order valence-corrected chi connectivity index (χ4v) is 5.19. The maximum Gasteiger partial charge on any atom is 0.250 e. The maximum atomic E-state index is 13.3. The highest BCUT2D eigenvalue weighted by Crippen LogP contribution is 2.39. The second-order valence-corrected chi connectivity index (χ2v) is 9.05. The van der Waals surface area contributed by atoms with Crippen LogP contribution in [0.2, 0.25) is 0 Å². The van der Waals surface area contributed by atoms with E-state index in [9.17, 15) is 14.4 Å². The number of fused-ring (bicyclic) bond motifs is 1. The topological polar surface area (TPSA) is 79.0 Å². The van der Waals surface area contributed by atoms with Gasteiger partial charge in [0.05, 0.1) is 12.8 Å². The van der Waals surface area contributed by atoms with E-state index in [1.807, 2.05) is 48.5 Å². The number of thioether (sulfide) groups is 1. The molecular weight excluding hydrogens is 426 g/mol. The number of likely N-dealkylation sites (tertiary alicyclic amines) is 1. The summed E-state index contributed by atoms with van der Waals surface area (Å²) in [7, 11) is 1.59. The number of anilines is 1. The molecule has 1 N–H and O–H groups in total. The Balaban J connectivity index is 1.47. The zero-order valence-corrected chi connectivity index (χ0v) is 18.9. The van der Waals surface area contributed by atoms with Crippen molar-refractivity contribution in [3.63, 3.8) is 0 Å². The van der Waals surface area contributed by atoms with E-state index in [4.69, 9.17) is 4.74 Å². The molecule has 32 heavy (non-hydrogen) atoms. The van der Waals surface area contributed by atoms with Crippen LogP contribution in [0.4, 0.5) is 5.69 Å². The van der Waals surface area contributed by atoms with Crippen molar-refractivity contribution in [3.05, 3.63) is 54.1 Å². The molecule has 168 valence electrons. The quantitative estimate of drug-likeness (QED) is 0.681. The van der Waals surface area contributed by atoms with Crippen molar-refractivity contribution < 1.29 is 19.1 Å². The predicted octanol–water partition coefficient (Wildman–Crippen LogP) is 2.83.